The fourth-order valence-corrected chi connectivity index (χ4v) is 4.05. The number of hydrogen-bond acceptors (Lipinski definition) is 5. The lowest BCUT2D eigenvalue weighted by Crippen LogP contribution is -2.58. The third-order valence-electron chi connectivity index (χ3n) is 5.94. The molecule has 7 nitrogen and oxygen atoms in total. The van der Waals surface area contributed by atoms with E-state index >= 15 is 0 Å². The van der Waals surface area contributed by atoms with Crippen LogP contribution in [-0.2, 0) is 22.6 Å². The van der Waals surface area contributed by atoms with Gasteiger partial charge in [-0.25, -0.2) is 4.39 Å². The van der Waals surface area contributed by atoms with Gasteiger partial charge >= 0.3 is 5.97 Å². The van der Waals surface area contributed by atoms with E-state index in [1.54, 1.807) is 30.3 Å². The molecule has 0 bridgehead atoms. The van der Waals surface area contributed by atoms with Gasteiger partial charge in [0.2, 0.25) is 0 Å². The molecule has 1 aliphatic rings. The van der Waals surface area contributed by atoms with Gasteiger partial charge in [0.15, 0.2) is 18.1 Å². The Morgan fingerprint density at radius 1 is 1.03 bits per heavy atom. The normalized spacial score (nSPS) is 18.7. The van der Waals surface area contributed by atoms with Gasteiger partial charge < -0.3 is 19.5 Å². The zero-order chi connectivity index (χ0) is 24.0. The molecule has 0 saturated carbocycles. The van der Waals surface area contributed by atoms with E-state index < -0.39 is 5.97 Å². The minimum atomic E-state index is -0.860. The molecular weight excluding hydrogens is 427 g/mol. The summed E-state index contributed by atoms with van der Waals surface area (Å²) >= 11 is 0. The molecule has 8 heteroatoms. The molecule has 1 N–H and O–H groups in total. The number of hydrogen-bond donors (Lipinski definition) is 1. The highest BCUT2D eigenvalue weighted by Crippen LogP contribution is 2.29. The Hall–Kier alpha value is -3.13. The van der Waals surface area contributed by atoms with Gasteiger partial charge in [-0.3, -0.25) is 14.5 Å². The first-order valence-corrected chi connectivity index (χ1v) is 11.1. The van der Waals surface area contributed by atoms with Crippen LogP contribution in [0.1, 0.15) is 31.4 Å². The summed E-state index contributed by atoms with van der Waals surface area (Å²) in [6, 6.07) is 11.9. The lowest BCUT2D eigenvalue weighted by molar-refractivity contribution is -0.139. The Morgan fingerprint density at radius 3 is 2.39 bits per heavy atom. The van der Waals surface area contributed by atoms with E-state index in [-0.39, 0.29) is 36.8 Å². The lowest BCUT2D eigenvalue weighted by Gasteiger charge is -2.44. The summed E-state index contributed by atoms with van der Waals surface area (Å²) in [7, 11) is 1.51. The number of ether oxygens (including phenoxy) is 2. The van der Waals surface area contributed by atoms with Crippen LogP contribution in [0.2, 0.25) is 0 Å². The minimum Gasteiger partial charge on any atom is -0.493 e. The number of aryl methyl sites for hydroxylation is 1. The maximum Gasteiger partial charge on any atom is 0.303 e. The first kappa shape index (κ1) is 24.5. The van der Waals surface area contributed by atoms with Gasteiger partial charge in [-0.15, -0.1) is 0 Å². The fourth-order valence-electron chi connectivity index (χ4n) is 4.05. The highest BCUT2D eigenvalue weighted by molar-refractivity contribution is 5.78. The molecule has 2 aromatic carbocycles. The van der Waals surface area contributed by atoms with Crippen LogP contribution in [-0.4, -0.2) is 65.7 Å². The largest absolute Gasteiger partial charge is 0.493 e. The predicted molar refractivity (Wildman–Crippen MR) is 122 cm³/mol. The Labute approximate surface area is 193 Å². The topological polar surface area (TPSA) is 79.3 Å². The molecule has 1 amide bonds. The first-order chi connectivity index (χ1) is 15.8. The Bertz CT molecular complexity index is 966. The molecule has 1 fully saturated rings. The van der Waals surface area contributed by atoms with Gasteiger partial charge in [-0.2, -0.15) is 0 Å². The quantitative estimate of drug-likeness (QED) is 0.621. The van der Waals surface area contributed by atoms with Crippen LogP contribution in [0.5, 0.6) is 11.5 Å². The van der Waals surface area contributed by atoms with E-state index in [0.717, 1.165) is 11.1 Å². The van der Waals surface area contributed by atoms with Crippen LogP contribution in [0.3, 0.4) is 0 Å². The molecule has 1 saturated heterocycles. The van der Waals surface area contributed by atoms with Crippen LogP contribution >= 0.6 is 0 Å². The monoisotopic (exact) mass is 458 g/mol. The molecule has 0 aliphatic carbocycles. The number of piperazine rings is 1. The summed E-state index contributed by atoms with van der Waals surface area (Å²) in [5.74, 6) is -0.298. The van der Waals surface area contributed by atoms with Crippen molar-refractivity contribution >= 4 is 11.9 Å². The lowest BCUT2D eigenvalue weighted by atomic mass is 10.1. The molecule has 2 atom stereocenters. The van der Waals surface area contributed by atoms with Gasteiger partial charge in [-0.1, -0.05) is 18.2 Å². The second kappa shape index (κ2) is 11.1. The van der Waals surface area contributed by atoms with Crippen LogP contribution in [0.4, 0.5) is 4.39 Å². The zero-order valence-electron chi connectivity index (χ0n) is 19.3. The van der Waals surface area contributed by atoms with Crippen molar-refractivity contribution in [1.29, 1.82) is 0 Å². The Morgan fingerprint density at radius 2 is 1.73 bits per heavy atom. The average Bonchev–Trinajstić information content (AvgIpc) is 2.79. The van der Waals surface area contributed by atoms with Crippen molar-refractivity contribution in [3.8, 4) is 11.5 Å². The fraction of sp³-hybridized carbons (Fsp3) is 0.440. The van der Waals surface area contributed by atoms with Gasteiger partial charge in [-0.05, 0) is 55.7 Å². The molecule has 1 aliphatic heterocycles. The summed E-state index contributed by atoms with van der Waals surface area (Å²) in [5.41, 5.74) is 1.87. The molecule has 178 valence electrons. The molecule has 0 aromatic heterocycles. The number of benzene rings is 2. The van der Waals surface area contributed by atoms with Crippen LogP contribution in [0.15, 0.2) is 42.5 Å². The van der Waals surface area contributed by atoms with Crippen molar-refractivity contribution in [2.45, 2.75) is 45.3 Å². The molecule has 0 radical (unpaired) electrons. The van der Waals surface area contributed by atoms with Gasteiger partial charge in [0.05, 0.1) is 7.11 Å². The Balaban J connectivity index is 1.56. The second-order valence-corrected chi connectivity index (χ2v) is 8.47. The second-order valence-electron chi connectivity index (χ2n) is 8.47. The summed E-state index contributed by atoms with van der Waals surface area (Å²) in [5, 5.41) is 8.85. The first-order valence-electron chi connectivity index (χ1n) is 11.1. The van der Waals surface area contributed by atoms with E-state index in [9.17, 15) is 14.0 Å². The third kappa shape index (κ3) is 6.68. The number of carbonyl (C=O) groups is 2. The highest BCUT2D eigenvalue weighted by Gasteiger charge is 2.32. The van der Waals surface area contributed by atoms with E-state index in [0.29, 0.717) is 37.6 Å². The number of rotatable bonds is 9. The van der Waals surface area contributed by atoms with E-state index in [1.807, 2.05) is 11.8 Å². The van der Waals surface area contributed by atoms with Crippen molar-refractivity contribution in [1.82, 2.24) is 9.80 Å². The summed E-state index contributed by atoms with van der Waals surface area (Å²) in [4.78, 5) is 27.8. The predicted octanol–water partition coefficient (Wildman–Crippen LogP) is 3.35. The number of halogens is 1. The average molecular weight is 459 g/mol. The molecule has 3 rings (SSSR count). The summed E-state index contributed by atoms with van der Waals surface area (Å²) in [6.07, 6.45) is 0.424. The smallest absolute Gasteiger partial charge is 0.303 e. The molecule has 2 aromatic rings. The van der Waals surface area contributed by atoms with Gasteiger partial charge in [0.25, 0.3) is 5.91 Å². The number of carbonyl (C=O) groups excluding carboxylic acids is 1. The number of methoxy groups -OCH3 is 1. The molecule has 33 heavy (non-hydrogen) atoms. The van der Waals surface area contributed by atoms with Crippen molar-refractivity contribution in [2.75, 3.05) is 26.8 Å². The van der Waals surface area contributed by atoms with Crippen LogP contribution < -0.4 is 9.47 Å². The molecule has 0 spiro atoms. The molecule has 2 unspecified atom stereocenters. The zero-order valence-corrected chi connectivity index (χ0v) is 19.3. The van der Waals surface area contributed by atoms with Crippen molar-refractivity contribution in [3.63, 3.8) is 0 Å². The summed E-state index contributed by atoms with van der Waals surface area (Å²) < 4.78 is 24.3. The molecule has 1 heterocycles. The number of amides is 1. The van der Waals surface area contributed by atoms with Crippen molar-refractivity contribution in [3.05, 3.63) is 59.4 Å². The maximum atomic E-state index is 13.2. The number of carboxylic acid groups (broad SMARTS) is 1. The van der Waals surface area contributed by atoms with Gasteiger partial charge in [0.1, 0.15) is 5.82 Å². The number of aliphatic carboxylic acids is 1. The standard InChI is InChI=1S/C25H31FN2O5/c1-17-14-28(18(2)13-27(17)15-20-4-8-21(26)9-5-20)24(29)16-33-22-10-6-19(7-11-25(30)31)12-23(22)32-3/h4-6,8-10,12,17-18H,7,11,13-16H2,1-3H3,(H,30,31). The Kier molecular flexibility index (Phi) is 8.27. The summed E-state index contributed by atoms with van der Waals surface area (Å²) in [6.45, 7) is 5.98. The number of nitrogens with zero attached hydrogens (tertiary/aromatic N) is 2. The highest BCUT2D eigenvalue weighted by atomic mass is 19.1. The SMILES string of the molecule is COc1cc(CCC(=O)O)ccc1OCC(=O)N1CC(C)N(Cc2ccc(F)cc2)CC1C. The van der Waals surface area contributed by atoms with Gasteiger partial charge in [0, 0.05) is 38.1 Å². The van der Waals surface area contributed by atoms with Crippen molar-refractivity contribution < 1.29 is 28.6 Å². The van der Waals surface area contributed by atoms with E-state index in [2.05, 4.69) is 11.8 Å². The maximum absolute atomic E-state index is 13.2. The third-order valence-corrected chi connectivity index (χ3v) is 5.94. The van der Waals surface area contributed by atoms with Crippen LogP contribution in [0, 0.1) is 5.82 Å². The molecular formula is C25H31FN2O5. The van der Waals surface area contributed by atoms with E-state index in [4.69, 9.17) is 14.6 Å². The number of carboxylic acids is 1. The van der Waals surface area contributed by atoms with E-state index in [1.165, 1.54) is 19.2 Å². The van der Waals surface area contributed by atoms with Crippen LogP contribution in [0.25, 0.3) is 0 Å². The van der Waals surface area contributed by atoms with Crippen molar-refractivity contribution in [2.24, 2.45) is 0 Å². The minimum absolute atomic E-state index is 0.0121.